The number of nitrogens with two attached hydrogens (primary N) is 1. The van der Waals surface area contributed by atoms with E-state index in [-0.39, 0.29) is 23.5 Å². The summed E-state index contributed by atoms with van der Waals surface area (Å²) < 4.78 is 24.2. The van der Waals surface area contributed by atoms with Crippen molar-refractivity contribution in [3.05, 3.63) is 34.5 Å². The van der Waals surface area contributed by atoms with E-state index in [1.54, 1.807) is 0 Å². The first kappa shape index (κ1) is 19.5. The molecular weight excluding hydrogens is 406 g/mol. The summed E-state index contributed by atoms with van der Waals surface area (Å²) in [7, 11) is -3.54. The second-order valence-electron chi connectivity index (χ2n) is 8.07. The fraction of sp³-hybridized carbons (Fsp3) is 0.500. The van der Waals surface area contributed by atoms with Crippen molar-refractivity contribution in [1.82, 2.24) is 9.78 Å². The Morgan fingerprint density at radius 2 is 2.00 bits per heavy atom. The number of aliphatic hydroxyl groups is 1. The van der Waals surface area contributed by atoms with Crippen LogP contribution in [0, 0.1) is 0 Å². The molecule has 1 aliphatic heterocycles. The zero-order valence-corrected chi connectivity index (χ0v) is 17.4. The van der Waals surface area contributed by atoms with Crippen molar-refractivity contribution >= 4 is 21.6 Å². The smallest absolute Gasteiger partial charge is 0.354 e. The van der Waals surface area contributed by atoms with Gasteiger partial charge in [0, 0.05) is 18.7 Å². The minimum atomic E-state index is -3.54. The number of nitrogens with zero attached hydrogens (tertiary/aromatic N) is 3. The summed E-state index contributed by atoms with van der Waals surface area (Å²) in [6, 6.07) is 1.56. The molecule has 9 nitrogen and oxygen atoms in total. The Kier molecular flexibility index (Phi) is 4.79. The summed E-state index contributed by atoms with van der Waals surface area (Å²) in [5, 5.41) is 22.1. The predicted octanol–water partition coefficient (Wildman–Crippen LogP) is 1.94. The molecule has 1 aromatic heterocycles. The lowest BCUT2D eigenvalue weighted by molar-refractivity contribution is 0.170. The maximum absolute atomic E-state index is 13.1. The van der Waals surface area contributed by atoms with Gasteiger partial charge >= 0.3 is 6.03 Å². The second kappa shape index (κ2) is 7.36. The molecule has 30 heavy (non-hydrogen) atoms. The van der Waals surface area contributed by atoms with E-state index >= 15 is 0 Å². The van der Waals surface area contributed by atoms with Gasteiger partial charge in [-0.1, -0.05) is 6.07 Å². The number of carbonyl (C=O) groups is 1. The van der Waals surface area contributed by atoms with Gasteiger partial charge in [-0.15, -0.1) is 4.36 Å². The van der Waals surface area contributed by atoms with E-state index < -0.39 is 15.9 Å². The highest BCUT2D eigenvalue weighted by molar-refractivity contribution is 7.91. The quantitative estimate of drug-likeness (QED) is 0.681. The van der Waals surface area contributed by atoms with Gasteiger partial charge in [0.2, 0.25) is 5.88 Å². The van der Waals surface area contributed by atoms with Gasteiger partial charge in [-0.25, -0.2) is 18.8 Å². The van der Waals surface area contributed by atoms with Crippen LogP contribution in [0.3, 0.4) is 0 Å². The van der Waals surface area contributed by atoms with E-state index in [4.69, 9.17) is 15.0 Å². The second-order valence-corrected chi connectivity index (χ2v) is 9.83. The van der Waals surface area contributed by atoms with Crippen LogP contribution in [0.15, 0.2) is 21.5 Å². The molecule has 0 bridgehead atoms. The van der Waals surface area contributed by atoms with Crippen LogP contribution in [-0.4, -0.2) is 37.8 Å². The van der Waals surface area contributed by atoms with Gasteiger partial charge < -0.3 is 15.2 Å². The van der Waals surface area contributed by atoms with Crippen molar-refractivity contribution in [2.75, 3.05) is 11.9 Å². The third-order valence-electron chi connectivity index (χ3n) is 6.10. The number of urea groups is 1. The van der Waals surface area contributed by atoms with Crippen LogP contribution in [0.5, 0.6) is 5.88 Å². The fourth-order valence-corrected chi connectivity index (χ4v) is 5.75. The summed E-state index contributed by atoms with van der Waals surface area (Å²) in [5.74, 6) is 0.249. The van der Waals surface area contributed by atoms with E-state index in [0.29, 0.717) is 13.0 Å². The normalized spacial score (nSPS) is 20.8. The molecule has 2 amide bonds. The zero-order valence-electron chi connectivity index (χ0n) is 16.6. The van der Waals surface area contributed by atoms with Gasteiger partial charge in [-0.05, 0) is 60.8 Å². The Morgan fingerprint density at radius 3 is 2.67 bits per heavy atom. The third kappa shape index (κ3) is 3.28. The van der Waals surface area contributed by atoms with Gasteiger partial charge in [0.25, 0.3) is 0 Å². The minimum absolute atomic E-state index is 0.0265. The zero-order chi connectivity index (χ0) is 20.9. The lowest BCUT2D eigenvalue weighted by atomic mass is 9.99. The monoisotopic (exact) mass is 431 g/mol. The molecule has 3 aliphatic rings. The molecule has 4 N–H and O–H groups in total. The van der Waals surface area contributed by atoms with E-state index in [1.807, 2.05) is 0 Å². The number of amides is 2. The average molecular weight is 432 g/mol. The van der Waals surface area contributed by atoms with Crippen molar-refractivity contribution in [2.24, 2.45) is 9.50 Å². The van der Waals surface area contributed by atoms with E-state index in [9.17, 15) is 9.00 Å². The Hall–Kier alpha value is -2.43. The molecule has 0 saturated carbocycles. The van der Waals surface area contributed by atoms with Crippen molar-refractivity contribution in [3.8, 4) is 5.88 Å². The highest BCUT2D eigenvalue weighted by atomic mass is 32.2. The van der Waals surface area contributed by atoms with E-state index in [0.717, 1.165) is 44.2 Å². The molecule has 2 aliphatic carbocycles. The van der Waals surface area contributed by atoms with Crippen molar-refractivity contribution in [2.45, 2.75) is 62.5 Å². The molecule has 2 atom stereocenters. The highest BCUT2D eigenvalue weighted by Gasteiger charge is 2.31. The number of aromatic nitrogens is 2. The van der Waals surface area contributed by atoms with Crippen molar-refractivity contribution < 1.29 is 18.8 Å². The predicted molar refractivity (Wildman–Crippen MR) is 111 cm³/mol. The number of nitrogens with one attached hydrogen (secondary N) is 1. The summed E-state index contributed by atoms with van der Waals surface area (Å²) >= 11 is 0. The molecule has 10 heteroatoms. The average Bonchev–Trinajstić information content (AvgIpc) is 3.44. The van der Waals surface area contributed by atoms with E-state index in [2.05, 4.69) is 20.8 Å². The van der Waals surface area contributed by atoms with Crippen LogP contribution >= 0.6 is 0 Å². The fourth-order valence-electron chi connectivity index (χ4n) is 4.76. The SMILES string of the molecule is NS(=O)(=NC(=O)Nc1c2c(cc3c1CCC3)CCC2)c1cnn2c1O[C@@H](CCO)C2. The van der Waals surface area contributed by atoms with Gasteiger partial charge in [0.15, 0.2) is 9.92 Å². The number of ether oxygens (including phenoxy) is 1. The molecule has 5 rings (SSSR count). The van der Waals surface area contributed by atoms with Crippen LogP contribution in [0.4, 0.5) is 10.5 Å². The number of rotatable bonds is 4. The first-order valence-corrected chi connectivity index (χ1v) is 11.9. The molecule has 2 heterocycles. The molecular formula is C20H25N5O4S. The number of aliphatic hydroxyl groups excluding tert-OH is 1. The van der Waals surface area contributed by atoms with Crippen LogP contribution in [0.1, 0.15) is 41.5 Å². The van der Waals surface area contributed by atoms with E-state index in [1.165, 1.54) is 33.1 Å². The summed E-state index contributed by atoms with van der Waals surface area (Å²) in [5.41, 5.74) is 5.75. The van der Waals surface area contributed by atoms with Crippen LogP contribution in [0.25, 0.3) is 0 Å². The Balaban J connectivity index is 1.44. The van der Waals surface area contributed by atoms with Crippen molar-refractivity contribution in [3.63, 3.8) is 0 Å². The first-order chi connectivity index (χ1) is 14.5. The lowest BCUT2D eigenvalue weighted by Crippen LogP contribution is -2.20. The number of anilines is 1. The lowest BCUT2D eigenvalue weighted by Gasteiger charge is -2.15. The maximum Gasteiger partial charge on any atom is 0.354 e. The summed E-state index contributed by atoms with van der Waals surface area (Å²) in [4.78, 5) is 12.9. The molecule has 1 unspecified atom stereocenters. The standard InChI is InChI=1S/C20H25N5O4S/c21-30(28,17-10-22-25-11-14(7-8-26)29-19(17)25)24-20(27)23-18-15-5-1-3-12(15)9-13-4-2-6-16(13)18/h9-10,14,26H,1-8,11H2,(H3,21,23,24,27,28)/t14-,30?/m0/s1. The van der Waals surface area contributed by atoms with Crippen LogP contribution < -0.4 is 15.2 Å². The van der Waals surface area contributed by atoms with Crippen LogP contribution in [-0.2, 0) is 42.1 Å². The van der Waals surface area contributed by atoms with Crippen LogP contribution in [0.2, 0.25) is 0 Å². The maximum atomic E-state index is 13.1. The molecule has 160 valence electrons. The molecule has 0 saturated heterocycles. The number of aryl methyl sites for hydroxylation is 2. The first-order valence-electron chi connectivity index (χ1n) is 10.3. The Labute approximate surface area is 174 Å². The molecule has 0 spiro atoms. The highest BCUT2D eigenvalue weighted by Crippen LogP contribution is 2.39. The van der Waals surface area contributed by atoms with Gasteiger partial charge in [-0.2, -0.15) is 5.10 Å². The number of hydrogen-bond donors (Lipinski definition) is 3. The molecule has 1 aromatic carbocycles. The van der Waals surface area contributed by atoms with Crippen molar-refractivity contribution in [1.29, 1.82) is 0 Å². The minimum Gasteiger partial charge on any atom is -0.472 e. The largest absolute Gasteiger partial charge is 0.472 e. The number of carbonyl (C=O) groups excluding carboxylic acids is 1. The van der Waals surface area contributed by atoms with Gasteiger partial charge in [0.05, 0.1) is 12.7 Å². The van der Waals surface area contributed by atoms with Gasteiger partial charge in [-0.3, -0.25) is 0 Å². The molecule has 0 radical (unpaired) electrons. The topological polar surface area (TPSA) is 132 Å². The third-order valence-corrected chi connectivity index (χ3v) is 7.45. The Bertz CT molecular complexity index is 1120. The number of hydrogen-bond acceptors (Lipinski definition) is 5. The van der Waals surface area contributed by atoms with Gasteiger partial charge in [0.1, 0.15) is 11.0 Å². The summed E-state index contributed by atoms with van der Waals surface area (Å²) in [6.45, 7) is 0.404. The Morgan fingerprint density at radius 1 is 1.30 bits per heavy atom. The number of fused-ring (bicyclic) bond motifs is 3. The molecule has 2 aromatic rings. The summed E-state index contributed by atoms with van der Waals surface area (Å²) in [6.07, 6.45) is 7.52. The number of benzene rings is 1. The molecule has 0 fully saturated rings.